The summed E-state index contributed by atoms with van der Waals surface area (Å²) in [5.74, 6) is 0.593. The number of pyridine rings is 1. The van der Waals surface area contributed by atoms with Crippen LogP contribution in [0.2, 0.25) is 5.02 Å². The zero-order valence-electron chi connectivity index (χ0n) is 25.1. The van der Waals surface area contributed by atoms with Gasteiger partial charge in [0.25, 0.3) is 0 Å². The molecule has 0 atom stereocenters. The summed E-state index contributed by atoms with van der Waals surface area (Å²) >= 11 is 6.65. The molecule has 1 fully saturated rings. The van der Waals surface area contributed by atoms with Crippen LogP contribution in [0.3, 0.4) is 0 Å². The molecule has 1 aromatic heterocycles. The number of benzene rings is 2. The Labute approximate surface area is 254 Å². The lowest BCUT2D eigenvalue weighted by molar-refractivity contribution is -0.138. The number of fused-ring (bicyclic) bond motifs is 1. The van der Waals surface area contributed by atoms with Crippen LogP contribution >= 0.6 is 11.6 Å². The van der Waals surface area contributed by atoms with Gasteiger partial charge in [-0.2, -0.15) is 13.2 Å². The molecule has 0 bridgehead atoms. The SMILES string of the molecule is CC(C)(C)OC(=O)NCc1cc(-c2ccc3nc(N4CCN(C(=O)OC(C)(C)C)CC4)c(Cl)cc3c2)ccc1C(F)(F)F. The Balaban J connectivity index is 1.54. The molecule has 12 heteroatoms. The molecular weight excluding hydrogens is 585 g/mol. The minimum absolute atomic E-state index is 0.0898. The van der Waals surface area contributed by atoms with Crippen LogP contribution in [0.4, 0.5) is 28.6 Å². The topological polar surface area (TPSA) is 84.0 Å². The van der Waals surface area contributed by atoms with Gasteiger partial charge in [0, 0.05) is 38.1 Å². The van der Waals surface area contributed by atoms with Gasteiger partial charge in [-0.3, -0.25) is 0 Å². The fourth-order valence-electron chi connectivity index (χ4n) is 4.65. The third-order valence-corrected chi connectivity index (χ3v) is 6.82. The molecule has 0 spiro atoms. The van der Waals surface area contributed by atoms with Crippen LogP contribution < -0.4 is 10.2 Å². The normalized spacial score (nSPS) is 14.6. The van der Waals surface area contributed by atoms with Crippen LogP contribution in [0, 0.1) is 0 Å². The molecule has 2 aromatic carbocycles. The smallest absolute Gasteiger partial charge is 0.416 e. The highest BCUT2D eigenvalue weighted by Gasteiger charge is 2.34. The van der Waals surface area contributed by atoms with Gasteiger partial charge < -0.3 is 24.6 Å². The van der Waals surface area contributed by atoms with Gasteiger partial charge in [-0.15, -0.1) is 0 Å². The van der Waals surface area contributed by atoms with Crippen LogP contribution in [-0.2, 0) is 22.2 Å². The zero-order chi connectivity index (χ0) is 31.7. The molecule has 1 N–H and O–H groups in total. The summed E-state index contributed by atoms with van der Waals surface area (Å²) in [6.45, 7) is 12.1. The highest BCUT2D eigenvalue weighted by Crippen LogP contribution is 2.36. The van der Waals surface area contributed by atoms with Crippen molar-refractivity contribution >= 4 is 40.5 Å². The van der Waals surface area contributed by atoms with Crippen molar-refractivity contribution < 1.29 is 32.2 Å². The number of anilines is 1. The molecule has 1 aliphatic heterocycles. The molecule has 0 aliphatic carbocycles. The first-order valence-electron chi connectivity index (χ1n) is 13.9. The molecule has 0 unspecified atom stereocenters. The number of nitrogens with one attached hydrogen (secondary N) is 1. The van der Waals surface area contributed by atoms with E-state index >= 15 is 0 Å². The van der Waals surface area contributed by atoms with Gasteiger partial charge >= 0.3 is 18.4 Å². The van der Waals surface area contributed by atoms with Crippen LogP contribution in [0.15, 0.2) is 42.5 Å². The first kappa shape index (κ1) is 32.2. The largest absolute Gasteiger partial charge is 0.444 e. The van der Waals surface area contributed by atoms with E-state index in [9.17, 15) is 22.8 Å². The monoisotopic (exact) mass is 620 g/mol. The number of carbonyl (C=O) groups excluding carboxylic acids is 2. The predicted molar refractivity (Wildman–Crippen MR) is 160 cm³/mol. The van der Waals surface area contributed by atoms with Gasteiger partial charge in [0.05, 0.1) is 16.1 Å². The summed E-state index contributed by atoms with van der Waals surface area (Å²) in [7, 11) is 0. The Morgan fingerprint density at radius 1 is 0.884 bits per heavy atom. The molecule has 1 saturated heterocycles. The molecule has 0 radical (unpaired) electrons. The zero-order valence-corrected chi connectivity index (χ0v) is 25.8. The quantitative estimate of drug-likeness (QED) is 0.322. The van der Waals surface area contributed by atoms with Gasteiger partial charge in [-0.1, -0.05) is 23.7 Å². The fourth-order valence-corrected chi connectivity index (χ4v) is 4.93. The summed E-state index contributed by atoms with van der Waals surface area (Å²) in [4.78, 5) is 32.9. The van der Waals surface area contributed by atoms with Crippen molar-refractivity contribution in [2.24, 2.45) is 0 Å². The maximum absolute atomic E-state index is 13.8. The van der Waals surface area contributed by atoms with E-state index in [4.69, 9.17) is 26.1 Å². The number of halogens is 4. The molecule has 1 aliphatic rings. The number of rotatable bonds is 4. The molecule has 4 rings (SSSR count). The second-order valence-corrected chi connectivity index (χ2v) is 12.8. The lowest BCUT2D eigenvalue weighted by atomic mass is 9.97. The van der Waals surface area contributed by atoms with Gasteiger partial charge in [0.15, 0.2) is 0 Å². The molecule has 3 aromatic rings. The molecular formula is C31H36ClF3N4O4. The predicted octanol–water partition coefficient (Wildman–Crippen LogP) is 7.66. The number of hydrogen-bond acceptors (Lipinski definition) is 6. The Hall–Kier alpha value is -3.73. The minimum atomic E-state index is -4.60. The second-order valence-electron chi connectivity index (χ2n) is 12.4. The van der Waals surface area contributed by atoms with E-state index < -0.39 is 29.0 Å². The number of alkyl carbamates (subject to hydrolysis) is 1. The number of carbonyl (C=O) groups is 2. The Kier molecular flexibility index (Phi) is 9.06. The maximum Gasteiger partial charge on any atom is 0.416 e. The lowest BCUT2D eigenvalue weighted by Crippen LogP contribution is -2.50. The molecule has 0 saturated carbocycles. The number of hydrogen-bond donors (Lipinski definition) is 1. The van der Waals surface area contributed by atoms with E-state index in [1.165, 1.54) is 12.1 Å². The number of ether oxygens (including phenoxy) is 2. The highest BCUT2D eigenvalue weighted by atomic mass is 35.5. The molecule has 232 valence electrons. The Morgan fingerprint density at radius 3 is 2.09 bits per heavy atom. The lowest BCUT2D eigenvalue weighted by Gasteiger charge is -2.36. The van der Waals surface area contributed by atoms with E-state index in [2.05, 4.69) is 5.32 Å². The summed E-state index contributed by atoms with van der Waals surface area (Å²) in [5, 5.41) is 3.55. The Morgan fingerprint density at radius 2 is 1.49 bits per heavy atom. The second kappa shape index (κ2) is 12.1. The highest BCUT2D eigenvalue weighted by molar-refractivity contribution is 6.33. The van der Waals surface area contributed by atoms with Crippen molar-refractivity contribution in [3.05, 3.63) is 58.6 Å². The van der Waals surface area contributed by atoms with E-state index in [-0.39, 0.29) is 18.2 Å². The molecule has 43 heavy (non-hydrogen) atoms. The van der Waals surface area contributed by atoms with Crippen molar-refractivity contribution in [3.63, 3.8) is 0 Å². The molecule has 2 heterocycles. The number of nitrogens with zero attached hydrogens (tertiary/aromatic N) is 3. The van der Waals surface area contributed by atoms with E-state index in [0.29, 0.717) is 59.0 Å². The molecule has 2 amide bonds. The average Bonchev–Trinajstić information content (AvgIpc) is 2.88. The van der Waals surface area contributed by atoms with Crippen molar-refractivity contribution in [1.29, 1.82) is 0 Å². The van der Waals surface area contributed by atoms with E-state index in [1.54, 1.807) is 43.9 Å². The van der Waals surface area contributed by atoms with E-state index in [1.807, 2.05) is 31.7 Å². The van der Waals surface area contributed by atoms with Crippen LogP contribution in [0.5, 0.6) is 0 Å². The number of piperazine rings is 1. The van der Waals surface area contributed by atoms with Crippen LogP contribution in [0.25, 0.3) is 22.0 Å². The van der Waals surface area contributed by atoms with Crippen molar-refractivity contribution in [3.8, 4) is 11.1 Å². The average molecular weight is 621 g/mol. The van der Waals surface area contributed by atoms with Gasteiger partial charge in [0.2, 0.25) is 0 Å². The Bertz CT molecular complexity index is 1510. The van der Waals surface area contributed by atoms with Crippen molar-refractivity contribution in [1.82, 2.24) is 15.2 Å². The first-order valence-corrected chi connectivity index (χ1v) is 14.3. The van der Waals surface area contributed by atoms with Crippen molar-refractivity contribution in [2.75, 3.05) is 31.1 Å². The maximum atomic E-state index is 13.8. The van der Waals surface area contributed by atoms with Crippen LogP contribution in [-0.4, -0.2) is 59.5 Å². The summed E-state index contributed by atoms with van der Waals surface area (Å²) in [6, 6.07) is 11.0. The third-order valence-electron chi connectivity index (χ3n) is 6.55. The van der Waals surface area contributed by atoms with Gasteiger partial charge in [0.1, 0.15) is 17.0 Å². The number of alkyl halides is 3. The standard InChI is InChI=1S/C31H36ClF3N4O4/c1-29(2,3)42-27(40)36-18-22-16-19(7-9-23(22)31(33,34)35)20-8-10-25-21(15-20)17-24(32)26(37-25)38-11-13-39(14-12-38)28(41)43-30(4,5)6/h7-10,15-17H,11-14,18H2,1-6H3,(H,36,40). The minimum Gasteiger partial charge on any atom is -0.444 e. The summed E-state index contributed by atoms with van der Waals surface area (Å²) in [5.41, 5.74) is -0.424. The first-order chi connectivity index (χ1) is 19.9. The number of amides is 2. The number of aromatic nitrogens is 1. The van der Waals surface area contributed by atoms with E-state index in [0.717, 1.165) is 6.07 Å². The van der Waals surface area contributed by atoms with Gasteiger partial charge in [-0.25, -0.2) is 14.6 Å². The van der Waals surface area contributed by atoms with Crippen molar-refractivity contribution in [2.45, 2.75) is 65.5 Å². The van der Waals surface area contributed by atoms with Crippen LogP contribution in [0.1, 0.15) is 52.7 Å². The van der Waals surface area contributed by atoms with Gasteiger partial charge in [-0.05, 0) is 88.6 Å². The summed E-state index contributed by atoms with van der Waals surface area (Å²) in [6.07, 6.45) is -5.76. The molecule has 8 nitrogen and oxygen atoms in total. The third kappa shape index (κ3) is 8.43. The fraction of sp³-hybridized carbons (Fsp3) is 0.452. The summed E-state index contributed by atoms with van der Waals surface area (Å²) < 4.78 is 51.9.